The first-order chi connectivity index (χ1) is 7.20. The second kappa shape index (κ2) is 5.43. The van der Waals surface area contributed by atoms with Crippen molar-refractivity contribution in [1.29, 1.82) is 0 Å². The van der Waals surface area contributed by atoms with Crippen LogP contribution in [-0.2, 0) is 4.84 Å². The number of hydrogen-bond acceptors (Lipinski definition) is 5. The molecule has 0 atom stereocenters. The second-order valence-electron chi connectivity index (χ2n) is 2.94. The predicted octanol–water partition coefficient (Wildman–Crippen LogP) is 0.638. The van der Waals surface area contributed by atoms with Gasteiger partial charge in [-0.05, 0) is 12.1 Å². The summed E-state index contributed by atoms with van der Waals surface area (Å²) in [5, 5.41) is 10.2. The average Bonchev–Trinajstić information content (AvgIpc) is 2.27. The summed E-state index contributed by atoms with van der Waals surface area (Å²) >= 11 is 0. The molecule has 3 N–H and O–H groups in total. The number of para-hydroxylation sites is 1. The van der Waals surface area contributed by atoms with Crippen molar-refractivity contribution in [2.75, 3.05) is 38.2 Å². The van der Waals surface area contributed by atoms with Crippen LogP contribution in [0.4, 0.5) is 11.4 Å². The van der Waals surface area contributed by atoms with Crippen LogP contribution in [0.5, 0.6) is 5.75 Å². The largest absolute Gasteiger partial charge is 0.489 e. The Bertz CT molecular complexity index is 318. The third-order valence-electron chi connectivity index (χ3n) is 2.01. The molecule has 0 amide bonds. The fourth-order valence-electron chi connectivity index (χ4n) is 1.19. The van der Waals surface area contributed by atoms with Crippen LogP contribution in [0.2, 0.25) is 0 Å². The van der Waals surface area contributed by atoms with E-state index in [0.29, 0.717) is 11.4 Å². The lowest BCUT2D eigenvalue weighted by atomic mass is 10.2. The molecular formula is C10H16N2O3. The number of nitrogens with two attached hydrogens (primary N) is 1. The maximum Gasteiger partial charge on any atom is 0.144 e. The predicted molar refractivity (Wildman–Crippen MR) is 58.8 cm³/mol. The molecule has 1 aromatic rings. The third-order valence-corrected chi connectivity index (χ3v) is 2.01. The van der Waals surface area contributed by atoms with Gasteiger partial charge in [-0.2, -0.15) is 0 Å². The van der Waals surface area contributed by atoms with E-state index >= 15 is 0 Å². The summed E-state index contributed by atoms with van der Waals surface area (Å²) in [6.45, 7) is 0.189. The van der Waals surface area contributed by atoms with Gasteiger partial charge in [0.2, 0.25) is 0 Å². The van der Waals surface area contributed by atoms with Gasteiger partial charge in [-0.3, -0.25) is 9.90 Å². The highest BCUT2D eigenvalue weighted by Crippen LogP contribution is 2.31. The lowest BCUT2D eigenvalue weighted by Crippen LogP contribution is -2.17. The van der Waals surface area contributed by atoms with E-state index in [4.69, 9.17) is 20.4 Å². The summed E-state index contributed by atoms with van der Waals surface area (Å²) in [5.41, 5.74) is 7.10. The summed E-state index contributed by atoms with van der Waals surface area (Å²) in [7, 11) is 3.31. The Morgan fingerprint density at radius 1 is 1.47 bits per heavy atom. The first-order valence-corrected chi connectivity index (χ1v) is 4.60. The van der Waals surface area contributed by atoms with E-state index < -0.39 is 0 Å². The number of hydroxylamine groups is 1. The van der Waals surface area contributed by atoms with Gasteiger partial charge in [-0.25, -0.2) is 0 Å². The molecule has 15 heavy (non-hydrogen) atoms. The molecule has 0 aliphatic carbocycles. The van der Waals surface area contributed by atoms with Crippen molar-refractivity contribution in [3.8, 4) is 5.75 Å². The van der Waals surface area contributed by atoms with Crippen LogP contribution in [0, 0.1) is 0 Å². The molecule has 0 aliphatic rings. The monoisotopic (exact) mass is 212 g/mol. The van der Waals surface area contributed by atoms with Gasteiger partial charge in [0.05, 0.1) is 19.4 Å². The van der Waals surface area contributed by atoms with Gasteiger partial charge in [0, 0.05) is 7.05 Å². The lowest BCUT2D eigenvalue weighted by molar-refractivity contribution is 0.184. The molecular weight excluding hydrogens is 196 g/mol. The minimum Gasteiger partial charge on any atom is -0.489 e. The van der Waals surface area contributed by atoms with E-state index in [1.165, 1.54) is 0 Å². The first kappa shape index (κ1) is 11.6. The van der Waals surface area contributed by atoms with E-state index in [0.717, 1.165) is 5.69 Å². The smallest absolute Gasteiger partial charge is 0.144 e. The van der Waals surface area contributed by atoms with Crippen molar-refractivity contribution in [1.82, 2.24) is 0 Å². The van der Waals surface area contributed by atoms with E-state index in [9.17, 15) is 0 Å². The Labute approximate surface area is 89.0 Å². The fourth-order valence-corrected chi connectivity index (χ4v) is 1.19. The Kier molecular flexibility index (Phi) is 4.20. The standard InChI is InChI=1S/C10H16N2O3/c1-12(14-2)8-4-3-5-9(10(8)11)15-7-6-13/h3-5,13H,6-7,11H2,1-2H3. The molecule has 0 bridgehead atoms. The van der Waals surface area contributed by atoms with Crippen LogP contribution in [0.15, 0.2) is 18.2 Å². The maximum absolute atomic E-state index is 8.64. The van der Waals surface area contributed by atoms with Crippen molar-refractivity contribution in [2.45, 2.75) is 0 Å². The Morgan fingerprint density at radius 2 is 2.20 bits per heavy atom. The molecule has 1 aromatic carbocycles. The Balaban J connectivity index is 2.90. The van der Waals surface area contributed by atoms with Gasteiger partial charge in [-0.15, -0.1) is 0 Å². The molecule has 0 fully saturated rings. The molecule has 0 heterocycles. The van der Waals surface area contributed by atoms with Crippen molar-refractivity contribution in [2.24, 2.45) is 0 Å². The Hall–Kier alpha value is -1.46. The quantitative estimate of drug-likeness (QED) is 0.553. The van der Waals surface area contributed by atoms with Crippen molar-refractivity contribution < 1.29 is 14.7 Å². The highest BCUT2D eigenvalue weighted by Gasteiger charge is 2.09. The minimum absolute atomic E-state index is 0.0379. The molecule has 0 radical (unpaired) electrons. The first-order valence-electron chi connectivity index (χ1n) is 4.60. The third kappa shape index (κ3) is 2.74. The number of aliphatic hydroxyl groups is 1. The molecule has 1 rings (SSSR count). The van der Waals surface area contributed by atoms with E-state index in [1.807, 2.05) is 12.1 Å². The van der Waals surface area contributed by atoms with Gasteiger partial charge in [0.1, 0.15) is 18.0 Å². The van der Waals surface area contributed by atoms with E-state index in [2.05, 4.69) is 0 Å². The van der Waals surface area contributed by atoms with Gasteiger partial charge in [0.25, 0.3) is 0 Å². The average molecular weight is 212 g/mol. The van der Waals surface area contributed by atoms with Crippen LogP contribution in [-0.4, -0.2) is 32.5 Å². The minimum atomic E-state index is -0.0379. The number of benzene rings is 1. The summed E-state index contributed by atoms with van der Waals surface area (Å²) in [6, 6.07) is 5.39. The van der Waals surface area contributed by atoms with Crippen LogP contribution in [0.1, 0.15) is 0 Å². The molecule has 0 saturated heterocycles. The van der Waals surface area contributed by atoms with Crippen molar-refractivity contribution >= 4 is 11.4 Å². The second-order valence-corrected chi connectivity index (χ2v) is 2.94. The fraction of sp³-hybridized carbons (Fsp3) is 0.400. The summed E-state index contributed by atoms with van der Waals surface area (Å²) in [5.74, 6) is 0.547. The van der Waals surface area contributed by atoms with Crippen LogP contribution >= 0.6 is 0 Å². The highest BCUT2D eigenvalue weighted by molar-refractivity contribution is 5.72. The lowest BCUT2D eigenvalue weighted by Gasteiger charge is -2.19. The summed E-state index contributed by atoms with van der Waals surface area (Å²) in [6.07, 6.45) is 0. The number of aliphatic hydroxyl groups excluding tert-OH is 1. The number of nitrogens with zero attached hydrogens (tertiary/aromatic N) is 1. The number of anilines is 2. The number of hydrogen-bond donors (Lipinski definition) is 2. The number of rotatable bonds is 5. The SMILES string of the molecule is CON(C)c1cccc(OCCO)c1N. The zero-order chi connectivity index (χ0) is 11.3. The molecule has 0 aliphatic heterocycles. The maximum atomic E-state index is 8.64. The molecule has 0 spiro atoms. The van der Waals surface area contributed by atoms with Crippen LogP contribution < -0.4 is 15.5 Å². The molecule has 5 nitrogen and oxygen atoms in total. The van der Waals surface area contributed by atoms with Gasteiger partial charge in [0.15, 0.2) is 0 Å². The zero-order valence-electron chi connectivity index (χ0n) is 8.93. The van der Waals surface area contributed by atoms with Crippen LogP contribution in [0.3, 0.4) is 0 Å². The molecule has 84 valence electrons. The van der Waals surface area contributed by atoms with Gasteiger partial charge < -0.3 is 15.6 Å². The van der Waals surface area contributed by atoms with Gasteiger partial charge >= 0.3 is 0 Å². The number of nitrogen functional groups attached to an aromatic ring is 1. The van der Waals surface area contributed by atoms with Crippen molar-refractivity contribution in [3.63, 3.8) is 0 Å². The summed E-state index contributed by atoms with van der Waals surface area (Å²) < 4.78 is 5.26. The molecule has 5 heteroatoms. The van der Waals surface area contributed by atoms with Gasteiger partial charge in [-0.1, -0.05) is 6.07 Å². The molecule has 0 unspecified atom stereocenters. The van der Waals surface area contributed by atoms with Crippen LogP contribution in [0.25, 0.3) is 0 Å². The molecule has 0 saturated carbocycles. The Morgan fingerprint density at radius 3 is 2.80 bits per heavy atom. The zero-order valence-corrected chi connectivity index (χ0v) is 8.93. The highest BCUT2D eigenvalue weighted by atomic mass is 16.7. The van der Waals surface area contributed by atoms with E-state index in [-0.39, 0.29) is 13.2 Å². The van der Waals surface area contributed by atoms with E-state index in [1.54, 1.807) is 25.3 Å². The summed E-state index contributed by atoms with van der Waals surface area (Å²) in [4.78, 5) is 5.02. The normalized spacial score (nSPS) is 10.1. The molecule has 0 aromatic heterocycles. The van der Waals surface area contributed by atoms with Crippen molar-refractivity contribution in [3.05, 3.63) is 18.2 Å². The number of ether oxygens (including phenoxy) is 1. The topological polar surface area (TPSA) is 68.0 Å².